The topological polar surface area (TPSA) is 78.9 Å². The Balaban J connectivity index is 4.22. The Morgan fingerprint density at radius 1 is 0.311 bits per heavy atom. The van der Waals surface area contributed by atoms with E-state index >= 15 is 0 Å². The highest BCUT2D eigenvalue weighted by Crippen LogP contribution is 2.18. The van der Waals surface area contributed by atoms with Crippen LogP contribution >= 0.6 is 0 Å². The lowest BCUT2D eigenvalue weighted by molar-refractivity contribution is -0.167. The molecule has 362 valence electrons. The first kappa shape index (κ1) is 59.4. The van der Waals surface area contributed by atoms with E-state index < -0.39 is 6.10 Å². The largest absolute Gasteiger partial charge is 0.462 e. The van der Waals surface area contributed by atoms with Crippen molar-refractivity contribution in [1.29, 1.82) is 0 Å². The molecule has 0 saturated carbocycles. The molecule has 6 nitrogen and oxygen atoms in total. The van der Waals surface area contributed by atoms with E-state index in [1.807, 2.05) is 0 Å². The molecule has 0 aliphatic heterocycles. The van der Waals surface area contributed by atoms with Crippen LogP contribution in [0.1, 0.15) is 304 Å². The van der Waals surface area contributed by atoms with E-state index in [1.54, 1.807) is 0 Å². The van der Waals surface area contributed by atoms with Gasteiger partial charge in [-0.3, -0.25) is 14.4 Å². The molecule has 0 aromatic heterocycles. The lowest BCUT2D eigenvalue weighted by Gasteiger charge is -2.18. The van der Waals surface area contributed by atoms with Crippen molar-refractivity contribution in [1.82, 2.24) is 0 Å². The van der Waals surface area contributed by atoms with Crippen LogP contribution in [0.3, 0.4) is 0 Å². The van der Waals surface area contributed by atoms with E-state index in [9.17, 15) is 14.4 Å². The summed E-state index contributed by atoms with van der Waals surface area (Å²) in [7, 11) is 0. The van der Waals surface area contributed by atoms with Gasteiger partial charge in [0, 0.05) is 19.3 Å². The molecule has 0 amide bonds. The first-order valence-electron chi connectivity index (χ1n) is 27.2. The first-order valence-corrected chi connectivity index (χ1v) is 27.2. The molecule has 0 spiro atoms. The second kappa shape index (κ2) is 47.9. The standard InChI is InChI=1S/C55H106O6/c1-6-7-8-9-10-11-12-13-19-22-25-30-35-40-45-53(56)59-48-52(61-55(58)47-42-37-32-27-29-34-39-44-51(4)5)49-60-54(57)46-41-36-31-26-23-20-17-15-14-16-18-21-24-28-33-38-43-50(2)3/h50-52H,6-49H2,1-5H3/t52-/m1/s1. The van der Waals surface area contributed by atoms with Gasteiger partial charge < -0.3 is 14.2 Å². The third-order valence-electron chi connectivity index (χ3n) is 12.5. The summed E-state index contributed by atoms with van der Waals surface area (Å²) in [5.41, 5.74) is 0. The maximum atomic E-state index is 12.8. The highest BCUT2D eigenvalue weighted by molar-refractivity contribution is 5.71. The van der Waals surface area contributed by atoms with Gasteiger partial charge in [0.25, 0.3) is 0 Å². The van der Waals surface area contributed by atoms with Gasteiger partial charge >= 0.3 is 17.9 Å². The van der Waals surface area contributed by atoms with Crippen LogP contribution in [-0.4, -0.2) is 37.2 Å². The van der Waals surface area contributed by atoms with Crippen molar-refractivity contribution in [2.75, 3.05) is 13.2 Å². The summed E-state index contributed by atoms with van der Waals surface area (Å²) in [6, 6.07) is 0. The third-order valence-corrected chi connectivity index (χ3v) is 12.5. The smallest absolute Gasteiger partial charge is 0.306 e. The molecule has 0 rings (SSSR count). The van der Waals surface area contributed by atoms with Crippen molar-refractivity contribution in [2.24, 2.45) is 11.8 Å². The zero-order chi connectivity index (χ0) is 44.7. The summed E-state index contributed by atoms with van der Waals surface area (Å²) >= 11 is 0. The van der Waals surface area contributed by atoms with Gasteiger partial charge in [0.05, 0.1) is 0 Å². The summed E-state index contributed by atoms with van der Waals surface area (Å²) in [4.78, 5) is 38.0. The zero-order valence-electron chi connectivity index (χ0n) is 41.8. The molecule has 0 N–H and O–H groups in total. The van der Waals surface area contributed by atoms with E-state index in [2.05, 4.69) is 34.6 Å². The number of hydrogen-bond donors (Lipinski definition) is 0. The Bertz CT molecular complexity index is 931. The van der Waals surface area contributed by atoms with E-state index in [1.165, 1.54) is 193 Å². The molecule has 61 heavy (non-hydrogen) atoms. The van der Waals surface area contributed by atoms with E-state index in [4.69, 9.17) is 14.2 Å². The monoisotopic (exact) mass is 863 g/mol. The van der Waals surface area contributed by atoms with Gasteiger partial charge in [-0.2, -0.15) is 0 Å². The number of hydrogen-bond acceptors (Lipinski definition) is 6. The maximum absolute atomic E-state index is 12.8. The van der Waals surface area contributed by atoms with Crippen LogP contribution in [-0.2, 0) is 28.6 Å². The van der Waals surface area contributed by atoms with Crippen molar-refractivity contribution in [3.8, 4) is 0 Å². The van der Waals surface area contributed by atoms with Gasteiger partial charge in [-0.25, -0.2) is 0 Å². The maximum Gasteiger partial charge on any atom is 0.306 e. The summed E-state index contributed by atoms with van der Waals surface area (Å²) in [6.07, 6.45) is 49.6. The van der Waals surface area contributed by atoms with Gasteiger partial charge in [0.15, 0.2) is 6.10 Å². The van der Waals surface area contributed by atoms with Crippen LogP contribution in [0.15, 0.2) is 0 Å². The number of rotatable bonds is 49. The lowest BCUT2D eigenvalue weighted by Crippen LogP contribution is -2.30. The highest BCUT2D eigenvalue weighted by atomic mass is 16.6. The van der Waals surface area contributed by atoms with E-state index in [0.29, 0.717) is 19.3 Å². The fourth-order valence-electron chi connectivity index (χ4n) is 8.34. The SMILES string of the molecule is CCCCCCCCCCCCCCCCC(=O)OC[C@H](COC(=O)CCCCCCCCCCCCCCCCCCC(C)C)OC(=O)CCCCCCCCCC(C)C. The number of carbonyl (C=O) groups excluding carboxylic acids is 3. The van der Waals surface area contributed by atoms with Crippen molar-refractivity contribution >= 4 is 17.9 Å². The zero-order valence-corrected chi connectivity index (χ0v) is 41.8. The van der Waals surface area contributed by atoms with Crippen LogP contribution in [0.2, 0.25) is 0 Å². The van der Waals surface area contributed by atoms with Crippen LogP contribution in [0.25, 0.3) is 0 Å². The summed E-state index contributed by atoms with van der Waals surface area (Å²) in [6.45, 7) is 11.4. The van der Waals surface area contributed by atoms with Gasteiger partial charge in [-0.15, -0.1) is 0 Å². The fourth-order valence-corrected chi connectivity index (χ4v) is 8.34. The quantitative estimate of drug-likeness (QED) is 0.0344. The van der Waals surface area contributed by atoms with Gasteiger partial charge in [0.1, 0.15) is 13.2 Å². The van der Waals surface area contributed by atoms with Crippen LogP contribution in [0.4, 0.5) is 0 Å². The highest BCUT2D eigenvalue weighted by Gasteiger charge is 2.19. The number of esters is 3. The van der Waals surface area contributed by atoms with Gasteiger partial charge in [0.2, 0.25) is 0 Å². The normalized spacial score (nSPS) is 12.0. The molecule has 0 aliphatic carbocycles. The second-order valence-electron chi connectivity index (χ2n) is 19.8. The minimum absolute atomic E-state index is 0.0640. The molecular weight excluding hydrogens is 757 g/mol. The molecule has 0 heterocycles. The summed E-state index contributed by atoms with van der Waals surface area (Å²) in [5, 5.41) is 0. The average Bonchev–Trinajstić information content (AvgIpc) is 3.23. The number of ether oxygens (including phenoxy) is 3. The molecule has 0 unspecified atom stereocenters. The van der Waals surface area contributed by atoms with Crippen molar-refractivity contribution in [2.45, 2.75) is 310 Å². The van der Waals surface area contributed by atoms with E-state index in [0.717, 1.165) is 69.6 Å². The van der Waals surface area contributed by atoms with Crippen molar-refractivity contribution in [3.05, 3.63) is 0 Å². The Hall–Kier alpha value is -1.59. The molecule has 0 radical (unpaired) electrons. The molecule has 0 bridgehead atoms. The fraction of sp³-hybridized carbons (Fsp3) is 0.945. The lowest BCUT2D eigenvalue weighted by atomic mass is 10.0. The summed E-state index contributed by atoms with van der Waals surface area (Å²) < 4.78 is 16.8. The Labute approximate surface area is 380 Å². The summed E-state index contributed by atoms with van der Waals surface area (Å²) in [5.74, 6) is 0.783. The molecule has 0 fully saturated rings. The van der Waals surface area contributed by atoms with E-state index in [-0.39, 0.29) is 31.1 Å². The van der Waals surface area contributed by atoms with Crippen molar-refractivity contribution in [3.63, 3.8) is 0 Å². The first-order chi connectivity index (χ1) is 29.7. The molecule has 6 heteroatoms. The van der Waals surface area contributed by atoms with Gasteiger partial charge in [-0.05, 0) is 31.1 Å². The number of carbonyl (C=O) groups is 3. The third kappa shape index (κ3) is 49.3. The van der Waals surface area contributed by atoms with Gasteiger partial charge in [-0.1, -0.05) is 266 Å². The molecule has 0 aliphatic rings. The Kier molecular flexibility index (Phi) is 46.6. The predicted octanol–water partition coefficient (Wildman–Crippen LogP) is 17.7. The molecule has 0 saturated heterocycles. The Morgan fingerprint density at radius 2 is 0.541 bits per heavy atom. The second-order valence-corrected chi connectivity index (χ2v) is 19.8. The number of unbranched alkanes of at least 4 members (excludes halogenated alkanes) is 34. The van der Waals surface area contributed by atoms with Crippen LogP contribution in [0, 0.1) is 11.8 Å². The minimum atomic E-state index is -0.762. The Morgan fingerprint density at radius 3 is 0.803 bits per heavy atom. The van der Waals surface area contributed by atoms with Crippen molar-refractivity contribution < 1.29 is 28.6 Å². The molecular formula is C55H106O6. The van der Waals surface area contributed by atoms with Crippen LogP contribution in [0.5, 0.6) is 0 Å². The average molecular weight is 863 g/mol. The molecule has 1 atom stereocenters. The minimum Gasteiger partial charge on any atom is -0.462 e. The predicted molar refractivity (Wildman–Crippen MR) is 261 cm³/mol. The molecule has 0 aromatic rings. The molecule has 0 aromatic carbocycles. The van der Waals surface area contributed by atoms with Crippen LogP contribution < -0.4 is 0 Å².